The molecule has 0 aliphatic carbocycles. The maximum atomic E-state index is 12.9. The molecule has 0 aliphatic heterocycles. The van der Waals surface area contributed by atoms with Gasteiger partial charge in [-0.05, 0) is 57.4 Å². The molecule has 0 bridgehead atoms. The van der Waals surface area contributed by atoms with Crippen molar-refractivity contribution in [3.05, 3.63) is 62.7 Å². The third-order valence-corrected chi connectivity index (χ3v) is 5.08. The second-order valence-corrected chi connectivity index (χ2v) is 7.52. The second kappa shape index (κ2) is 7.54. The number of phenols is 1. The summed E-state index contributed by atoms with van der Waals surface area (Å²) in [5.41, 5.74) is 4.31. The van der Waals surface area contributed by atoms with Gasteiger partial charge in [0.1, 0.15) is 5.75 Å². The number of pyridine rings is 1. The summed E-state index contributed by atoms with van der Waals surface area (Å²) in [4.78, 5) is 28.1. The highest BCUT2D eigenvalue weighted by Crippen LogP contribution is 2.31. The Kier molecular flexibility index (Phi) is 5.31. The second-order valence-electron chi connectivity index (χ2n) is 7.52. The molecule has 3 aromatic rings. The van der Waals surface area contributed by atoms with Gasteiger partial charge in [0.05, 0.1) is 11.1 Å². The van der Waals surface area contributed by atoms with Crippen LogP contribution in [0.2, 0.25) is 0 Å². The Morgan fingerprint density at radius 3 is 2.61 bits per heavy atom. The number of rotatable bonds is 5. The molecule has 0 unspecified atom stereocenters. The van der Waals surface area contributed by atoms with Gasteiger partial charge in [0, 0.05) is 41.5 Å². The molecule has 3 rings (SSSR count). The van der Waals surface area contributed by atoms with Crippen LogP contribution in [0.15, 0.2) is 29.2 Å². The Morgan fingerprint density at radius 1 is 1.25 bits per heavy atom. The molecule has 148 valence electrons. The maximum Gasteiger partial charge on any atom is 0.253 e. The number of amides is 1. The average molecular weight is 381 g/mol. The molecule has 6 heteroatoms. The van der Waals surface area contributed by atoms with Crippen molar-refractivity contribution in [2.45, 2.75) is 53.6 Å². The Labute approximate surface area is 164 Å². The molecule has 1 amide bonds. The number of hydrogen-bond acceptors (Lipinski definition) is 3. The number of aromatic amines is 1. The van der Waals surface area contributed by atoms with Crippen LogP contribution in [0.4, 0.5) is 0 Å². The SMILES string of the molecule is CCc1cc(C)[nH]c(=O)c1CNC(=O)c1cc(O)cc2c1c(C)cn2C(C)C. The first-order valence-electron chi connectivity index (χ1n) is 9.57. The van der Waals surface area contributed by atoms with Crippen LogP contribution >= 0.6 is 0 Å². The molecule has 0 saturated carbocycles. The van der Waals surface area contributed by atoms with Crippen LogP contribution in [0.3, 0.4) is 0 Å². The molecule has 0 atom stereocenters. The van der Waals surface area contributed by atoms with Crippen LogP contribution in [0, 0.1) is 13.8 Å². The lowest BCUT2D eigenvalue weighted by Gasteiger charge is -2.12. The van der Waals surface area contributed by atoms with E-state index in [0.717, 1.165) is 27.7 Å². The van der Waals surface area contributed by atoms with Crippen molar-refractivity contribution < 1.29 is 9.90 Å². The predicted octanol–water partition coefficient (Wildman–Crippen LogP) is 3.73. The minimum absolute atomic E-state index is 0.0417. The maximum absolute atomic E-state index is 12.9. The monoisotopic (exact) mass is 381 g/mol. The van der Waals surface area contributed by atoms with E-state index in [2.05, 4.69) is 24.1 Å². The molecule has 2 heterocycles. The Bertz CT molecular complexity index is 1110. The lowest BCUT2D eigenvalue weighted by molar-refractivity contribution is 0.0952. The highest BCUT2D eigenvalue weighted by Gasteiger charge is 2.19. The summed E-state index contributed by atoms with van der Waals surface area (Å²) < 4.78 is 2.04. The number of aromatic hydroxyl groups is 1. The number of aryl methyl sites for hydroxylation is 3. The van der Waals surface area contributed by atoms with E-state index < -0.39 is 0 Å². The number of nitrogens with zero attached hydrogens (tertiary/aromatic N) is 1. The third kappa shape index (κ3) is 3.54. The molecule has 3 N–H and O–H groups in total. The van der Waals surface area contributed by atoms with E-state index in [1.165, 1.54) is 6.07 Å². The van der Waals surface area contributed by atoms with Crippen LogP contribution in [0.1, 0.15) is 59.6 Å². The van der Waals surface area contributed by atoms with Gasteiger partial charge in [-0.3, -0.25) is 9.59 Å². The molecule has 0 fully saturated rings. The van der Waals surface area contributed by atoms with Gasteiger partial charge in [-0.1, -0.05) is 6.92 Å². The van der Waals surface area contributed by atoms with Crippen molar-refractivity contribution in [2.24, 2.45) is 0 Å². The van der Waals surface area contributed by atoms with E-state index in [0.29, 0.717) is 17.5 Å². The predicted molar refractivity (Wildman–Crippen MR) is 111 cm³/mol. The summed E-state index contributed by atoms with van der Waals surface area (Å²) in [7, 11) is 0. The first-order chi connectivity index (χ1) is 13.2. The first-order valence-corrected chi connectivity index (χ1v) is 9.57. The van der Waals surface area contributed by atoms with Crippen LogP contribution in [0.25, 0.3) is 10.9 Å². The topological polar surface area (TPSA) is 87.1 Å². The van der Waals surface area contributed by atoms with Crippen molar-refractivity contribution in [1.29, 1.82) is 0 Å². The highest BCUT2D eigenvalue weighted by atomic mass is 16.3. The van der Waals surface area contributed by atoms with Gasteiger partial charge in [0.15, 0.2) is 0 Å². The summed E-state index contributed by atoms with van der Waals surface area (Å²) in [6.07, 6.45) is 2.70. The van der Waals surface area contributed by atoms with E-state index in [9.17, 15) is 14.7 Å². The minimum Gasteiger partial charge on any atom is -0.508 e. The number of fused-ring (bicyclic) bond motifs is 1. The van der Waals surface area contributed by atoms with Crippen LogP contribution in [-0.2, 0) is 13.0 Å². The van der Waals surface area contributed by atoms with Crippen LogP contribution < -0.4 is 10.9 Å². The molecule has 28 heavy (non-hydrogen) atoms. The van der Waals surface area contributed by atoms with Crippen molar-refractivity contribution in [3.8, 4) is 5.75 Å². The zero-order valence-corrected chi connectivity index (χ0v) is 17.0. The van der Waals surface area contributed by atoms with Gasteiger partial charge in [0.2, 0.25) is 0 Å². The summed E-state index contributed by atoms with van der Waals surface area (Å²) >= 11 is 0. The number of phenolic OH excluding ortho intramolecular Hbond substituents is 1. The number of H-pyrrole nitrogens is 1. The fourth-order valence-electron chi connectivity index (χ4n) is 3.74. The van der Waals surface area contributed by atoms with E-state index in [4.69, 9.17) is 0 Å². The van der Waals surface area contributed by atoms with E-state index in [1.807, 2.05) is 37.6 Å². The molecular weight excluding hydrogens is 354 g/mol. The molecule has 0 aliphatic rings. The number of carbonyl (C=O) groups excluding carboxylic acids is 1. The number of aromatic nitrogens is 2. The van der Waals surface area contributed by atoms with Crippen molar-refractivity contribution >= 4 is 16.8 Å². The molecule has 0 radical (unpaired) electrons. The zero-order valence-electron chi connectivity index (χ0n) is 17.0. The molecule has 0 spiro atoms. The normalized spacial score (nSPS) is 11.4. The zero-order chi connectivity index (χ0) is 20.6. The van der Waals surface area contributed by atoms with Crippen molar-refractivity contribution in [2.75, 3.05) is 0 Å². The van der Waals surface area contributed by atoms with Gasteiger partial charge in [-0.2, -0.15) is 0 Å². The number of nitrogens with one attached hydrogen (secondary N) is 2. The van der Waals surface area contributed by atoms with Gasteiger partial charge in [-0.25, -0.2) is 0 Å². The number of benzene rings is 1. The van der Waals surface area contributed by atoms with E-state index >= 15 is 0 Å². The van der Waals surface area contributed by atoms with E-state index in [1.54, 1.807) is 6.07 Å². The van der Waals surface area contributed by atoms with Crippen LogP contribution in [0.5, 0.6) is 5.75 Å². The van der Waals surface area contributed by atoms with Gasteiger partial charge >= 0.3 is 0 Å². The molecular formula is C22H27N3O3. The largest absolute Gasteiger partial charge is 0.508 e. The number of carbonyl (C=O) groups is 1. The first kappa shape index (κ1) is 19.7. The molecule has 2 aromatic heterocycles. The average Bonchev–Trinajstić information content (AvgIpc) is 2.96. The van der Waals surface area contributed by atoms with Gasteiger partial charge in [0.25, 0.3) is 11.5 Å². The van der Waals surface area contributed by atoms with Crippen molar-refractivity contribution in [3.63, 3.8) is 0 Å². The van der Waals surface area contributed by atoms with Crippen LogP contribution in [-0.4, -0.2) is 20.6 Å². The molecule has 0 saturated heterocycles. The third-order valence-electron chi connectivity index (χ3n) is 5.08. The smallest absolute Gasteiger partial charge is 0.253 e. The summed E-state index contributed by atoms with van der Waals surface area (Å²) in [6.45, 7) is 10.0. The fraction of sp³-hybridized carbons (Fsp3) is 0.364. The lowest BCUT2D eigenvalue weighted by atomic mass is 10.0. The minimum atomic E-state index is -0.312. The summed E-state index contributed by atoms with van der Waals surface area (Å²) in [5.74, 6) is -0.271. The standard InChI is InChI=1S/C22H27N3O3/c1-6-15-7-14(5)24-22(28)18(15)10-23-21(27)17-8-16(26)9-19-20(17)13(4)11-25(19)12(2)3/h7-9,11-12,26H,6,10H2,1-5H3,(H,23,27)(H,24,28). The fourth-order valence-corrected chi connectivity index (χ4v) is 3.74. The van der Waals surface area contributed by atoms with Gasteiger partial charge < -0.3 is 20.0 Å². The summed E-state index contributed by atoms with van der Waals surface area (Å²) in [5, 5.41) is 13.8. The lowest BCUT2D eigenvalue weighted by Crippen LogP contribution is -2.28. The Balaban J connectivity index is 1.98. The number of hydrogen-bond donors (Lipinski definition) is 3. The molecule has 6 nitrogen and oxygen atoms in total. The highest BCUT2D eigenvalue weighted by molar-refractivity contribution is 6.08. The van der Waals surface area contributed by atoms with Crippen molar-refractivity contribution in [1.82, 2.24) is 14.9 Å². The van der Waals surface area contributed by atoms with E-state index in [-0.39, 0.29) is 29.8 Å². The summed E-state index contributed by atoms with van der Waals surface area (Å²) in [6, 6.07) is 5.30. The quantitative estimate of drug-likeness (QED) is 0.629. The Morgan fingerprint density at radius 2 is 1.96 bits per heavy atom. The Hall–Kier alpha value is -3.02. The molecule has 1 aromatic carbocycles. The van der Waals surface area contributed by atoms with Gasteiger partial charge in [-0.15, -0.1) is 0 Å².